The highest BCUT2D eigenvalue weighted by Gasteiger charge is 2.29. The van der Waals surface area contributed by atoms with Gasteiger partial charge >= 0.3 is 0 Å². The Bertz CT molecular complexity index is 705. The number of ether oxygens (including phenoxy) is 3. The predicted octanol–water partition coefficient (Wildman–Crippen LogP) is 3.07. The summed E-state index contributed by atoms with van der Waals surface area (Å²) in [6, 6.07) is 7.06. The number of benzene rings is 1. The van der Waals surface area contributed by atoms with Crippen LogP contribution in [0.25, 0.3) is 0 Å². The quantitative estimate of drug-likeness (QED) is 0.185. The van der Waals surface area contributed by atoms with E-state index in [0.717, 1.165) is 31.2 Å². The molecule has 8 nitrogen and oxygen atoms in total. The van der Waals surface area contributed by atoms with Gasteiger partial charge in [-0.05, 0) is 63.0 Å². The zero-order valence-electron chi connectivity index (χ0n) is 19.5. The second-order valence-electron chi connectivity index (χ2n) is 8.57. The summed E-state index contributed by atoms with van der Waals surface area (Å²) in [5.74, 6) is 0.230. The first kappa shape index (κ1) is 26.1. The summed E-state index contributed by atoms with van der Waals surface area (Å²) in [6.45, 7) is 4.96. The number of nitrogens with one attached hydrogen (secondary N) is 2. The first-order valence-corrected chi connectivity index (χ1v) is 11.5. The molecule has 2 amide bonds. The number of rotatable bonds is 13. The molecule has 180 valence electrons. The molecule has 1 aliphatic rings. The van der Waals surface area contributed by atoms with E-state index >= 15 is 0 Å². The third-order valence-electron chi connectivity index (χ3n) is 6.13. The second kappa shape index (κ2) is 14.1. The Balaban J connectivity index is 2.09. The Morgan fingerprint density at radius 2 is 1.88 bits per heavy atom. The van der Waals surface area contributed by atoms with Crippen LogP contribution in [0.5, 0.6) is 5.75 Å². The average molecular weight is 451 g/mol. The lowest BCUT2D eigenvalue weighted by Crippen LogP contribution is -2.45. The molecule has 0 spiro atoms. The molecule has 1 aliphatic carbocycles. The van der Waals surface area contributed by atoms with Gasteiger partial charge in [-0.15, -0.1) is 0 Å². The zero-order chi connectivity index (χ0) is 23.3. The third-order valence-corrected chi connectivity index (χ3v) is 6.13. The normalized spacial score (nSPS) is 20.2. The highest BCUT2D eigenvalue weighted by Crippen LogP contribution is 2.29. The molecule has 8 heteroatoms. The number of amides is 2. The summed E-state index contributed by atoms with van der Waals surface area (Å²) in [7, 11) is 1.58. The standard InChI is InChI=1S/C24H38N2O6/c1-4-31-16-32-15-21(25-23(27)18-11-9-17(2)10-12-18)14-20(24(28)26-29)13-19-7-5-6-8-22(19)30-3/h5-8,17-18,20-21,29H,4,9-16H2,1-3H3,(H,25,27)(H,26,28)/t17?,18?,20-,21-/m0/s1. The van der Waals surface area contributed by atoms with Crippen LogP contribution in [0.3, 0.4) is 0 Å². The van der Waals surface area contributed by atoms with E-state index in [0.29, 0.717) is 31.1 Å². The third kappa shape index (κ3) is 8.41. The van der Waals surface area contributed by atoms with Crippen molar-refractivity contribution in [3.8, 4) is 5.75 Å². The van der Waals surface area contributed by atoms with Gasteiger partial charge in [-0.3, -0.25) is 14.8 Å². The molecule has 1 saturated carbocycles. The molecule has 2 rings (SSSR count). The number of hydrogen-bond donors (Lipinski definition) is 3. The van der Waals surface area contributed by atoms with Crippen molar-refractivity contribution in [2.24, 2.45) is 17.8 Å². The minimum absolute atomic E-state index is 0.00218. The van der Waals surface area contributed by atoms with Crippen LogP contribution in [0.15, 0.2) is 24.3 Å². The smallest absolute Gasteiger partial charge is 0.246 e. The van der Waals surface area contributed by atoms with Crippen molar-refractivity contribution in [2.75, 3.05) is 27.1 Å². The Morgan fingerprint density at radius 1 is 1.16 bits per heavy atom. The van der Waals surface area contributed by atoms with E-state index in [1.165, 1.54) is 0 Å². The van der Waals surface area contributed by atoms with E-state index in [9.17, 15) is 14.8 Å². The van der Waals surface area contributed by atoms with Crippen LogP contribution < -0.4 is 15.5 Å². The van der Waals surface area contributed by atoms with Crippen molar-refractivity contribution in [1.29, 1.82) is 0 Å². The first-order chi connectivity index (χ1) is 15.5. The minimum Gasteiger partial charge on any atom is -0.496 e. The summed E-state index contributed by atoms with van der Waals surface area (Å²) >= 11 is 0. The van der Waals surface area contributed by atoms with Gasteiger partial charge in [0.2, 0.25) is 11.8 Å². The van der Waals surface area contributed by atoms with Crippen molar-refractivity contribution in [2.45, 2.75) is 58.4 Å². The fraction of sp³-hybridized carbons (Fsp3) is 0.667. The van der Waals surface area contributed by atoms with Gasteiger partial charge < -0.3 is 19.5 Å². The molecule has 0 aromatic heterocycles. The molecule has 0 aliphatic heterocycles. The maximum atomic E-state index is 12.9. The lowest BCUT2D eigenvalue weighted by Gasteiger charge is -2.29. The Morgan fingerprint density at radius 3 is 2.53 bits per heavy atom. The Kier molecular flexibility index (Phi) is 11.5. The summed E-state index contributed by atoms with van der Waals surface area (Å²) in [5.41, 5.74) is 2.62. The summed E-state index contributed by atoms with van der Waals surface area (Å²) < 4.78 is 16.2. The number of para-hydroxylation sites is 1. The molecule has 0 saturated heterocycles. The van der Waals surface area contributed by atoms with Crippen LogP contribution in [0.1, 0.15) is 51.5 Å². The number of hydrogen-bond acceptors (Lipinski definition) is 6. The largest absolute Gasteiger partial charge is 0.496 e. The van der Waals surface area contributed by atoms with Crippen LogP contribution in [-0.2, 0) is 25.5 Å². The topological polar surface area (TPSA) is 106 Å². The highest BCUT2D eigenvalue weighted by molar-refractivity contribution is 5.80. The molecule has 0 bridgehead atoms. The average Bonchev–Trinajstić information content (AvgIpc) is 2.81. The van der Waals surface area contributed by atoms with Gasteiger partial charge in [0, 0.05) is 18.4 Å². The Labute approximate surface area is 191 Å². The Hall–Kier alpha value is -2.16. The summed E-state index contributed by atoms with van der Waals surface area (Å²) in [6.07, 6.45) is 4.52. The van der Waals surface area contributed by atoms with Crippen LogP contribution in [0.2, 0.25) is 0 Å². The lowest BCUT2D eigenvalue weighted by molar-refractivity contribution is -0.135. The van der Waals surface area contributed by atoms with Crippen LogP contribution >= 0.6 is 0 Å². The minimum atomic E-state index is -0.580. The molecule has 3 N–H and O–H groups in total. The molecule has 1 fully saturated rings. The molecular weight excluding hydrogens is 412 g/mol. The fourth-order valence-electron chi connectivity index (χ4n) is 4.20. The van der Waals surface area contributed by atoms with Crippen LogP contribution in [0, 0.1) is 17.8 Å². The van der Waals surface area contributed by atoms with Crippen molar-refractivity contribution in [3.05, 3.63) is 29.8 Å². The van der Waals surface area contributed by atoms with Gasteiger partial charge in [0.15, 0.2) is 0 Å². The van der Waals surface area contributed by atoms with Gasteiger partial charge in [-0.25, -0.2) is 5.48 Å². The predicted molar refractivity (Wildman–Crippen MR) is 120 cm³/mol. The highest BCUT2D eigenvalue weighted by atomic mass is 16.7. The summed E-state index contributed by atoms with van der Waals surface area (Å²) in [4.78, 5) is 25.4. The van der Waals surface area contributed by atoms with E-state index in [-0.39, 0.29) is 31.3 Å². The maximum absolute atomic E-state index is 12.9. The fourth-order valence-corrected chi connectivity index (χ4v) is 4.20. The zero-order valence-corrected chi connectivity index (χ0v) is 19.5. The molecule has 1 aromatic carbocycles. The second-order valence-corrected chi connectivity index (χ2v) is 8.57. The lowest BCUT2D eigenvalue weighted by atomic mass is 9.82. The molecule has 1 aromatic rings. The SMILES string of the molecule is CCOCOC[C@H](C[C@H](Cc1ccccc1OC)C(=O)NO)NC(=O)C1CCC(C)CC1. The van der Waals surface area contributed by atoms with E-state index in [1.807, 2.05) is 31.2 Å². The molecule has 2 atom stereocenters. The number of carbonyl (C=O) groups excluding carboxylic acids is 2. The van der Waals surface area contributed by atoms with Crippen LogP contribution in [0.4, 0.5) is 0 Å². The van der Waals surface area contributed by atoms with E-state index < -0.39 is 11.8 Å². The van der Waals surface area contributed by atoms with Gasteiger partial charge in [-0.1, -0.05) is 25.1 Å². The monoisotopic (exact) mass is 450 g/mol. The maximum Gasteiger partial charge on any atom is 0.246 e. The van der Waals surface area contributed by atoms with E-state index in [4.69, 9.17) is 14.2 Å². The van der Waals surface area contributed by atoms with Crippen molar-refractivity contribution < 1.29 is 29.0 Å². The molecule has 0 radical (unpaired) electrons. The summed E-state index contributed by atoms with van der Waals surface area (Å²) in [5, 5.41) is 12.4. The van der Waals surface area contributed by atoms with Crippen molar-refractivity contribution in [3.63, 3.8) is 0 Å². The van der Waals surface area contributed by atoms with E-state index in [1.54, 1.807) is 12.6 Å². The van der Waals surface area contributed by atoms with E-state index in [2.05, 4.69) is 12.2 Å². The van der Waals surface area contributed by atoms with Crippen LogP contribution in [-0.4, -0.2) is 50.2 Å². The molecule has 0 unspecified atom stereocenters. The molecular formula is C24H38N2O6. The van der Waals surface area contributed by atoms with Gasteiger partial charge in [0.1, 0.15) is 12.5 Å². The van der Waals surface area contributed by atoms with Gasteiger partial charge in [0.25, 0.3) is 0 Å². The van der Waals surface area contributed by atoms with Crippen molar-refractivity contribution >= 4 is 11.8 Å². The molecule has 32 heavy (non-hydrogen) atoms. The molecule has 0 heterocycles. The number of hydroxylamine groups is 1. The van der Waals surface area contributed by atoms with Crippen molar-refractivity contribution in [1.82, 2.24) is 10.8 Å². The van der Waals surface area contributed by atoms with Gasteiger partial charge in [-0.2, -0.15) is 0 Å². The van der Waals surface area contributed by atoms with Gasteiger partial charge in [0.05, 0.1) is 19.8 Å². The number of carbonyl (C=O) groups is 2. The number of methoxy groups -OCH3 is 1. The first-order valence-electron chi connectivity index (χ1n) is 11.5.